The van der Waals surface area contributed by atoms with Gasteiger partial charge in [0.25, 0.3) is 5.91 Å². The molecule has 2 aromatic rings. The topological polar surface area (TPSA) is 62.5 Å². The van der Waals surface area contributed by atoms with Gasteiger partial charge in [-0.1, -0.05) is 11.8 Å². The summed E-state index contributed by atoms with van der Waals surface area (Å²) >= 11 is 0. The summed E-state index contributed by atoms with van der Waals surface area (Å²) < 4.78 is 4.94. The fourth-order valence-corrected chi connectivity index (χ4v) is 1.81. The molecule has 0 bridgehead atoms. The molecular formula is C16H15NO3. The Kier molecular flexibility index (Phi) is 4.59. The van der Waals surface area contributed by atoms with Crippen LogP contribution in [0.4, 0.5) is 0 Å². The van der Waals surface area contributed by atoms with Crippen LogP contribution in [0.3, 0.4) is 0 Å². The predicted molar refractivity (Wildman–Crippen MR) is 75.0 cm³/mol. The number of carbonyl (C=O) groups excluding carboxylic acids is 1. The summed E-state index contributed by atoms with van der Waals surface area (Å²) in [5.74, 6) is 5.21. The molecule has 20 heavy (non-hydrogen) atoms. The number of aliphatic hydroxyl groups is 1. The molecule has 0 aliphatic carbocycles. The van der Waals surface area contributed by atoms with Gasteiger partial charge in [0.2, 0.25) is 0 Å². The Hall–Kier alpha value is -2.51. The van der Waals surface area contributed by atoms with Crippen molar-refractivity contribution in [2.45, 2.75) is 13.5 Å². The Morgan fingerprint density at radius 2 is 2.25 bits per heavy atom. The van der Waals surface area contributed by atoms with Gasteiger partial charge in [-0.05, 0) is 36.8 Å². The fourth-order valence-electron chi connectivity index (χ4n) is 1.81. The highest BCUT2D eigenvalue weighted by Gasteiger charge is 2.07. The van der Waals surface area contributed by atoms with E-state index in [4.69, 9.17) is 9.52 Å². The van der Waals surface area contributed by atoms with Crippen molar-refractivity contribution in [3.63, 3.8) is 0 Å². The third-order valence-corrected chi connectivity index (χ3v) is 2.68. The Labute approximate surface area is 117 Å². The summed E-state index contributed by atoms with van der Waals surface area (Å²) in [4.78, 5) is 12.1. The Bertz CT molecular complexity index is 648. The van der Waals surface area contributed by atoms with E-state index in [2.05, 4.69) is 17.2 Å². The van der Waals surface area contributed by atoms with Gasteiger partial charge in [-0.3, -0.25) is 4.79 Å². The average Bonchev–Trinajstić information content (AvgIpc) is 2.95. The van der Waals surface area contributed by atoms with Gasteiger partial charge in [0.05, 0.1) is 12.5 Å². The molecule has 0 atom stereocenters. The monoisotopic (exact) mass is 269 g/mol. The molecule has 1 amide bonds. The van der Waals surface area contributed by atoms with Crippen molar-refractivity contribution in [3.8, 4) is 11.8 Å². The molecule has 4 heteroatoms. The van der Waals surface area contributed by atoms with Crippen LogP contribution in [0.2, 0.25) is 0 Å². The second-order valence-electron chi connectivity index (χ2n) is 4.36. The maximum absolute atomic E-state index is 12.1. The number of benzene rings is 1. The van der Waals surface area contributed by atoms with E-state index >= 15 is 0 Å². The highest BCUT2D eigenvalue weighted by Crippen LogP contribution is 2.09. The standard InChI is InChI=1S/C16H15NO3/c1-12-7-13(3-2-5-18)9-15(8-12)16(19)17-10-14-4-6-20-11-14/h4,6-9,11,18H,5,10H2,1H3,(H,17,19). The zero-order valence-corrected chi connectivity index (χ0v) is 11.1. The number of hydrogen-bond donors (Lipinski definition) is 2. The van der Waals surface area contributed by atoms with Gasteiger partial charge in [-0.2, -0.15) is 0 Å². The summed E-state index contributed by atoms with van der Waals surface area (Å²) in [5.41, 5.74) is 3.12. The van der Waals surface area contributed by atoms with Gasteiger partial charge in [-0.15, -0.1) is 0 Å². The maximum atomic E-state index is 12.1. The zero-order chi connectivity index (χ0) is 14.4. The van der Waals surface area contributed by atoms with E-state index in [0.717, 1.165) is 11.1 Å². The molecule has 1 heterocycles. The number of nitrogens with one attached hydrogen (secondary N) is 1. The van der Waals surface area contributed by atoms with E-state index in [0.29, 0.717) is 17.7 Å². The van der Waals surface area contributed by atoms with E-state index in [-0.39, 0.29) is 12.5 Å². The zero-order valence-electron chi connectivity index (χ0n) is 11.1. The fraction of sp³-hybridized carbons (Fsp3) is 0.188. The molecule has 2 rings (SSSR count). The van der Waals surface area contributed by atoms with E-state index in [1.54, 1.807) is 30.7 Å². The van der Waals surface area contributed by atoms with Crippen molar-refractivity contribution < 1.29 is 14.3 Å². The molecule has 0 fully saturated rings. The van der Waals surface area contributed by atoms with E-state index in [1.807, 2.05) is 13.0 Å². The minimum absolute atomic E-state index is 0.165. The van der Waals surface area contributed by atoms with Crippen LogP contribution < -0.4 is 5.32 Å². The van der Waals surface area contributed by atoms with E-state index in [1.165, 1.54) is 0 Å². The number of rotatable bonds is 3. The Morgan fingerprint density at radius 3 is 2.95 bits per heavy atom. The summed E-state index contributed by atoms with van der Waals surface area (Å²) in [7, 11) is 0. The first kappa shape index (κ1) is 13.9. The highest BCUT2D eigenvalue weighted by molar-refractivity contribution is 5.94. The smallest absolute Gasteiger partial charge is 0.251 e. The Balaban J connectivity index is 2.10. The van der Waals surface area contributed by atoms with E-state index in [9.17, 15) is 4.79 Å². The highest BCUT2D eigenvalue weighted by atomic mass is 16.3. The second kappa shape index (κ2) is 6.60. The predicted octanol–water partition coefficient (Wildman–Crippen LogP) is 1.86. The lowest BCUT2D eigenvalue weighted by Gasteiger charge is -2.05. The van der Waals surface area contributed by atoms with Gasteiger partial charge in [0.1, 0.15) is 6.61 Å². The van der Waals surface area contributed by atoms with Crippen LogP contribution in [0.25, 0.3) is 0 Å². The molecule has 0 saturated carbocycles. The molecule has 0 saturated heterocycles. The lowest BCUT2D eigenvalue weighted by atomic mass is 10.1. The molecular weight excluding hydrogens is 254 g/mol. The lowest BCUT2D eigenvalue weighted by Crippen LogP contribution is -2.22. The normalized spacial score (nSPS) is 9.70. The first-order chi connectivity index (χ1) is 9.69. The number of aryl methyl sites for hydroxylation is 1. The van der Waals surface area contributed by atoms with Crippen LogP contribution in [-0.4, -0.2) is 17.6 Å². The average molecular weight is 269 g/mol. The summed E-state index contributed by atoms with van der Waals surface area (Å²) in [6.07, 6.45) is 3.16. The minimum atomic E-state index is -0.198. The van der Waals surface area contributed by atoms with Crippen molar-refractivity contribution in [2.24, 2.45) is 0 Å². The summed E-state index contributed by atoms with van der Waals surface area (Å²) in [6.45, 7) is 2.12. The van der Waals surface area contributed by atoms with Gasteiger partial charge in [0.15, 0.2) is 0 Å². The molecule has 0 spiro atoms. The van der Waals surface area contributed by atoms with Crippen molar-refractivity contribution in [3.05, 3.63) is 59.0 Å². The third kappa shape index (κ3) is 3.74. The lowest BCUT2D eigenvalue weighted by molar-refractivity contribution is 0.0950. The third-order valence-electron chi connectivity index (χ3n) is 2.68. The first-order valence-corrected chi connectivity index (χ1v) is 6.20. The van der Waals surface area contributed by atoms with E-state index < -0.39 is 0 Å². The van der Waals surface area contributed by atoms with Gasteiger partial charge in [0, 0.05) is 23.2 Å². The first-order valence-electron chi connectivity index (χ1n) is 6.20. The largest absolute Gasteiger partial charge is 0.472 e. The van der Waals surface area contributed by atoms with Crippen LogP contribution in [0.1, 0.15) is 27.0 Å². The number of furan rings is 1. The minimum Gasteiger partial charge on any atom is -0.472 e. The molecule has 0 aliphatic heterocycles. The second-order valence-corrected chi connectivity index (χ2v) is 4.36. The SMILES string of the molecule is Cc1cc(C#CCO)cc(C(=O)NCc2ccoc2)c1. The molecule has 0 aliphatic rings. The van der Waals surface area contributed by atoms with Crippen molar-refractivity contribution in [2.75, 3.05) is 6.61 Å². The number of aliphatic hydroxyl groups excluding tert-OH is 1. The molecule has 4 nitrogen and oxygen atoms in total. The number of amides is 1. The molecule has 1 aromatic carbocycles. The van der Waals surface area contributed by atoms with Crippen molar-refractivity contribution in [1.29, 1.82) is 0 Å². The summed E-state index contributed by atoms with van der Waals surface area (Å²) in [5, 5.41) is 11.5. The molecule has 1 aromatic heterocycles. The van der Waals surface area contributed by atoms with Gasteiger partial charge >= 0.3 is 0 Å². The maximum Gasteiger partial charge on any atom is 0.251 e. The number of carbonyl (C=O) groups is 1. The molecule has 102 valence electrons. The van der Waals surface area contributed by atoms with Crippen LogP contribution in [0, 0.1) is 18.8 Å². The van der Waals surface area contributed by atoms with Gasteiger partial charge in [-0.25, -0.2) is 0 Å². The molecule has 0 radical (unpaired) electrons. The van der Waals surface area contributed by atoms with Crippen LogP contribution >= 0.6 is 0 Å². The quantitative estimate of drug-likeness (QED) is 0.836. The molecule has 0 unspecified atom stereocenters. The molecule has 2 N–H and O–H groups in total. The number of hydrogen-bond acceptors (Lipinski definition) is 3. The van der Waals surface area contributed by atoms with Crippen LogP contribution in [0.15, 0.2) is 41.2 Å². The summed E-state index contributed by atoms with van der Waals surface area (Å²) in [6, 6.07) is 7.18. The van der Waals surface area contributed by atoms with Gasteiger partial charge < -0.3 is 14.8 Å². The van der Waals surface area contributed by atoms with Crippen LogP contribution in [-0.2, 0) is 6.54 Å². The van der Waals surface area contributed by atoms with Crippen molar-refractivity contribution >= 4 is 5.91 Å². The van der Waals surface area contributed by atoms with Crippen molar-refractivity contribution in [1.82, 2.24) is 5.32 Å². The Morgan fingerprint density at radius 1 is 1.40 bits per heavy atom. The van der Waals surface area contributed by atoms with Crippen LogP contribution in [0.5, 0.6) is 0 Å².